The second kappa shape index (κ2) is 11.1. The first-order chi connectivity index (χ1) is 15.5. The highest BCUT2D eigenvalue weighted by molar-refractivity contribution is 7.98. The van der Waals surface area contributed by atoms with Crippen molar-refractivity contribution in [2.45, 2.75) is 4.90 Å². The Labute approximate surface area is 191 Å². The van der Waals surface area contributed by atoms with Gasteiger partial charge in [0.1, 0.15) is 5.75 Å². The summed E-state index contributed by atoms with van der Waals surface area (Å²) in [4.78, 5) is 25.9. The Morgan fingerprint density at radius 3 is 2.31 bits per heavy atom. The summed E-state index contributed by atoms with van der Waals surface area (Å²) in [6.45, 7) is -0.213. The van der Waals surface area contributed by atoms with Gasteiger partial charge in [-0.05, 0) is 60.9 Å². The molecule has 0 aliphatic heterocycles. The zero-order valence-corrected chi connectivity index (χ0v) is 18.8. The van der Waals surface area contributed by atoms with Crippen LogP contribution >= 0.6 is 11.8 Å². The van der Waals surface area contributed by atoms with Crippen molar-refractivity contribution >= 4 is 35.0 Å². The van der Waals surface area contributed by atoms with Crippen molar-refractivity contribution in [2.24, 2.45) is 0 Å². The molecular formula is C24H24N2O5S. The lowest BCUT2D eigenvalue weighted by Gasteiger charge is -2.13. The van der Waals surface area contributed by atoms with Crippen molar-refractivity contribution in [3.8, 4) is 17.2 Å². The Bertz CT molecular complexity index is 1090. The molecule has 0 atom stereocenters. The highest BCUT2D eigenvalue weighted by Gasteiger charge is 2.14. The second-order valence-corrected chi connectivity index (χ2v) is 7.43. The minimum Gasteiger partial charge on any atom is -0.497 e. The molecule has 3 aromatic carbocycles. The average Bonchev–Trinajstić information content (AvgIpc) is 2.83. The zero-order chi connectivity index (χ0) is 22.9. The number of rotatable bonds is 9. The summed E-state index contributed by atoms with van der Waals surface area (Å²) in [6, 6.07) is 19.3. The fourth-order valence-corrected chi connectivity index (χ4v) is 3.44. The molecule has 0 saturated heterocycles. The monoisotopic (exact) mass is 452 g/mol. The number of ether oxygens (including phenoxy) is 3. The summed E-state index contributed by atoms with van der Waals surface area (Å²) >= 11 is 1.55. The first-order valence-electron chi connectivity index (χ1n) is 9.73. The van der Waals surface area contributed by atoms with Crippen molar-refractivity contribution in [1.29, 1.82) is 0 Å². The molecule has 0 aliphatic carbocycles. The van der Waals surface area contributed by atoms with E-state index in [1.54, 1.807) is 61.3 Å². The number of hydrogen-bond acceptors (Lipinski definition) is 6. The normalized spacial score (nSPS) is 10.2. The van der Waals surface area contributed by atoms with E-state index in [0.717, 1.165) is 10.6 Å². The van der Waals surface area contributed by atoms with Gasteiger partial charge in [-0.15, -0.1) is 11.8 Å². The number of amides is 2. The van der Waals surface area contributed by atoms with Crippen molar-refractivity contribution in [3.63, 3.8) is 0 Å². The van der Waals surface area contributed by atoms with Crippen molar-refractivity contribution < 1.29 is 23.8 Å². The van der Waals surface area contributed by atoms with Gasteiger partial charge in [0.2, 0.25) is 0 Å². The molecule has 166 valence electrons. The van der Waals surface area contributed by atoms with E-state index in [-0.39, 0.29) is 18.4 Å². The molecule has 2 N–H and O–H groups in total. The van der Waals surface area contributed by atoms with Gasteiger partial charge in [-0.1, -0.05) is 12.1 Å². The number of carbonyl (C=O) groups is 2. The highest BCUT2D eigenvalue weighted by Crippen LogP contribution is 2.30. The molecule has 8 heteroatoms. The minimum absolute atomic E-state index is 0.213. The zero-order valence-electron chi connectivity index (χ0n) is 18.0. The third kappa shape index (κ3) is 5.95. The average molecular weight is 453 g/mol. The first-order valence-corrected chi connectivity index (χ1v) is 11.0. The van der Waals surface area contributed by atoms with Crippen LogP contribution in [0.25, 0.3) is 0 Å². The van der Waals surface area contributed by atoms with Crippen molar-refractivity contribution in [2.75, 3.05) is 37.7 Å². The number of anilines is 2. The van der Waals surface area contributed by atoms with Crippen molar-refractivity contribution in [3.05, 3.63) is 72.3 Å². The lowest BCUT2D eigenvalue weighted by molar-refractivity contribution is -0.118. The quantitative estimate of drug-likeness (QED) is 0.458. The Morgan fingerprint density at radius 1 is 0.875 bits per heavy atom. The number of benzene rings is 3. The van der Waals surface area contributed by atoms with Gasteiger partial charge in [0.15, 0.2) is 18.1 Å². The Balaban J connectivity index is 1.63. The lowest BCUT2D eigenvalue weighted by Crippen LogP contribution is -2.20. The SMILES string of the molecule is COc1ccc(NC(=O)COc2ccc(C(=O)Nc3ccccc3SC)cc2OC)cc1. The Morgan fingerprint density at radius 2 is 1.62 bits per heavy atom. The number of para-hydroxylation sites is 1. The van der Waals surface area contributed by atoms with E-state index in [1.165, 1.54) is 7.11 Å². The van der Waals surface area contributed by atoms with Crippen LogP contribution in [0.15, 0.2) is 71.6 Å². The summed E-state index contributed by atoms with van der Waals surface area (Å²) in [7, 11) is 3.05. The first kappa shape index (κ1) is 23.0. The minimum atomic E-state index is -0.326. The maximum atomic E-state index is 12.7. The van der Waals surface area contributed by atoms with Crippen LogP contribution in [0.3, 0.4) is 0 Å². The number of methoxy groups -OCH3 is 2. The molecule has 0 fully saturated rings. The number of nitrogens with one attached hydrogen (secondary N) is 2. The molecule has 0 aromatic heterocycles. The van der Waals surface area contributed by atoms with E-state index in [0.29, 0.717) is 28.5 Å². The molecule has 0 bridgehead atoms. The summed E-state index contributed by atoms with van der Waals surface area (Å²) in [5.41, 5.74) is 1.77. The summed E-state index contributed by atoms with van der Waals surface area (Å²) in [5.74, 6) is 0.817. The number of thioether (sulfide) groups is 1. The van der Waals surface area contributed by atoms with Crippen LogP contribution in [0.1, 0.15) is 10.4 Å². The van der Waals surface area contributed by atoms with Gasteiger partial charge in [0, 0.05) is 16.1 Å². The third-order valence-electron chi connectivity index (χ3n) is 4.51. The van der Waals surface area contributed by atoms with Gasteiger partial charge in [-0.2, -0.15) is 0 Å². The molecule has 0 heterocycles. The van der Waals surface area contributed by atoms with E-state index >= 15 is 0 Å². The molecule has 2 amide bonds. The predicted molar refractivity (Wildman–Crippen MR) is 126 cm³/mol. The van der Waals surface area contributed by atoms with Gasteiger partial charge in [-0.3, -0.25) is 9.59 Å². The van der Waals surface area contributed by atoms with Crippen LogP contribution in [0.5, 0.6) is 17.2 Å². The molecule has 32 heavy (non-hydrogen) atoms. The molecule has 0 unspecified atom stereocenters. The smallest absolute Gasteiger partial charge is 0.262 e. The molecule has 3 aromatic rings. The van der Waals surface area contributed by atoms with Gasteiger partial charge >= 0.3 is 0 Å². The van der Waals surface area contributed by atoms with Gasteiger partial charge < -0.3 is 24.8 Å². The molecule has 0 radical (unpaired) electrons. The van der Waals surface area contributed by atoms with Gasteiger partial charge in [-0.25, -0.2) is 0 Å². The van der Waals surface area contributed by atoms with Gasteiger partial charge in [0.25, 0.3) is 11.8 Å². The van der Waals surface area contributed by atoms with Gasteiger partial charge in [0.05, 0.1) is 19.9 Å². The Hall–Kier alpha value is -3.65. The number of hydrogen-bond donors (Lipinski definition) is 2. The highest BCUT2D eigenvalue weighted by atomic mass is 32.2. The van der Waals surface area contributed by atoms with Crippen LogP contribution in [0, 0.1) is 0 Å². The van der Waals surface area contributed by atoms with Crippen LogP contribution in [0.2, 0.25) is 0 Å². The maximum absolute atomic E-state index is 12.7. The van der Waals surface area contributed by atoms with Crippen LogP contribution < -0.4 is 24.8 Å². The summed E-state index contributed by atoms with van der Waals surface area (Å²) < 4.78 is 16.0. The largest absolute Gasteiger partial charge is 0.497 e. The van der Waals surface area contributed by atoms with E-state index in [9.17, 15) is 9.59 Å². The van der Waals surface area contributed by atoms with Crippen LogP contribution in [-0.4, -0.2) is 38.9 Å². The van der Waals surface area contributed by atoms with E-state index in [1.807, 2.05) is 30.5 Å². The molecule has 0 saturated carbocycles. The third-order valence-corrected chi connectivity index (χ3v) is 5.31. The van der Waals surface area contributed by atoms with E-state index in [2.05, 4.69) is 10.6 Å². The second-order valence-electron chi connectivity index (χ2n) is 6.59. The molecule has 0 spiro atoms. The molecule has 0 aliphatic rings. The fourth-order valence-electron chi connectivity index (χ4n) is 2.89. The fraction of sp³-hybridized carbons (Fsp3) is 0.167. The standard InChI is InChI=1S/C24H24N2O5S/c1-29-18-11-9-17(10-12-18)25-23(27)15-31-20-13-8-16(14-21(20)30-2)24(28)26-19-6-4-5-7-22(19)32-3/h4-14H,15H2,1-3H3,(H,25,27)(H,26,28). The number of carbonyl (C=O) groups excluding carboxylic acids is 2. The van der Waals surface area contributed by atoms with Crippen LogP contribution in [0.4, 0.5) is 11.4 Å². The van der Waals surface area contributed by atoms with Crippen LogP contribution in [-0.2, 0) is 4.79 Å². The molecular weight excluding hydrogens is 428 g/mol. The summed E-state index contributed by atoms with van der Waals surface area (Å²) in [6.07, 6.45) is 1.95. The molecule has 3 rings (SSSR count). The topological polar surface area (TPSA) is 85.9 Å². The summed E-state index contributed by atoms with van der Waals surface area (Å²) in [5, 5.41) is 5.65. The van der Waals surface area contributed by atoms with E-state index in [4.69, 9.17) is 14.2 Å². The van der Waals surface area contributed by atoms with E-state index < -0.39 is 0 Å². The lowest BCUT2D eigenvalue weighted by atomic mass is 10.2. The molecule has 7 nitrogen and oxygen atoms in total. The van der Waals surface area contributed by atoms with Crippen molar-refractivity contribution in [1.82, 2.24) is 0 Å². The Kier molecular flexibility index (Phi) is 7.99. The predicted octanol–water partition coefficient (Wildman–Crippen LogP) is 4.70. The maximum Gasteiger partial charge on any atom is 0.262 e.